The fourth-order valence-corrected chi connectivity index (χ4v) is 2.98. The van der Waals surface area contributed by atoms with E-state index >= 15 is 0 Å². The Hall–Kier alpha value is -1.81. The Kier molecular flexibility index (Phi) is 3.26. The highest BCUT2D eigenvalue weighted by Crippen LogP contribution is 2.30. The molecule has 0 spiro atoms. The van der Waals surface area contributed by atoms with E-state index in [9.17, 15) is 4.79 Å². The van der Waals surface area contributed by atoms with Crippen molar-refractivity contribution >= 4 is 43.7 Å². The summed E-state index contributed by atoms with van der Waals surface area (Å²) in [7, 11) is 2.04. The lowest BCUT2D eigenvalue weighted by molar-refractivity contribution is -0.136. The van der Waals surface area contributed by atoms with E-state index in [1.165, 1.54) is 16.3 Å². The van der Waals surface area contributed by atoms with Crippen molar-refractivity contribution in [2.75, 3.05) is 0 Å². The second-order valence-corrected chi connectivity index (χ2v) is 5.88. The number of aromatic nitrogens is 1. The van der Waals surface area contributed by atoms with Crippen LogP contribution in [0.4, 0.5) is 0 Å². The van der Waals surface area contributed by atoms with Gasteiger partial charge in [0.05, 0.1) is 0 Å². The number of benzene rings is 2. The van der Waals surface area contributed by atoms with Crippen molar-refractivity contribution in [1.29, 1.82) is 0 Å². The quantitative estimate of drug-likeness (QED) is 0.784. The molecule has 3 aromatic rings. The minimum absolute atomic E-state index is 0.168. The number of fused-ring (bicyclic) bond motifs is 3. The monoisotopic (exact) mass is 331 g/mol. The Morgan fingerprint density at radius 1 is 1.15 bits per heavy atom. The van der Waals surface area contributed by atoms with E-state index in [-0.39, 0.29) is 6.42 Å². The maximum absolute atomic E-state index is 10.7. The number of halogens is 1. The van der Waals surface area contributed by atoms with Gasteiger partial charge in [0.2, 0.25) is 0 Å². The van der Waals surface area contributed by atoms with Crippen LogP contribution in [0.3, 0.4) is 0 Å². The number of carboxylic acid groups (broad SMARTS) is 1. The molecule has 0 aliphatic carbocycles. The number of carboxylic acids is 1. The molecule has 2 aromatic carbocycles. The van der Waals surface area contributed by atoms with Gasteiger partial charge in [-0.3, -0.25) is 4.79 Å². The first-order valence-electron chi connectivity index (χ1n) is 6.44. The predicted molar refractivity (Wildman–Crippen MR) is 84.1 cm³/mol. The van der Waals surface area contributed by atoms with E-state index in [1.807, 2.05) is 19.2 Å². The summed E-state index contributed by atoms with van der Waals surface area (Å²) in [5.41, 5.74) is 3.37. The van der Waals surface area contributed by atoms with Crippen molar-refractivity contribution < 1.29 is 9.90 Å². The van der Waals surface area contributed by atoms with Gasteiger partial charge in [-0.25, -0.2) is 0 Å². The molecule has 0 saturated heterocycles. The van der Waals surface area contributed by atoms with Gasteiger partial charge in [0.1, 0.15) is 0 Å². The van der Waals surface area contributed by atoms with Crippen LogP contribution in [0.25, 0.3) is 21.8 Å². The molecule has 1 heterocycles. The molecule has 1 N–H and O–H groups in total. The molecule has 0 unspecified atom stereocenters. The molecule has 20 heavy (non-hydrogen) atoms. The Balaban J connectivity index is 2.16. The predicted octanol–water partition coefficient (Wildman–Crippen LogP) is 4.11. The van der Waals surface area contributed by atoms with Crippen LogP contribution in [0.2, 0.25) is 0 Å². The van der Waals surface area contributed by atoms with Crippen molar-refractivity contribution in [2.24, 2.45) is 7.05 Å². The van der Waals surface area contributed by atoms with Gasteiger partial charge in [0, 0.05) is 39.7 Å². The third kappa shape index (κ3) is 2.20. The van der Waals surface area contributed by atoms with Gasteiger partial charge in [-0.05, 0) is 30.2 Å². The van der Waals surface area contributed by atoms with Crippen LogP contribution in [0.15, 0.2) is 40.9 Å². The average Bonchev–Trinajstić information content (AvgIpc) is 2.69. The minimum Gasteiger partial charge on any atom is -0.481 e. The summed E-state index contributed by atoms with van der Waals surface area (Å²) in [4.78, 5) is 10.7. The second kappa shape index (κ2) is 4.94. The third-order valence-corrected chi connectivity index (χ3v) is 4.16. The van der Waals surface area contributed by atoms with Crippen LogP contribution in [0.5, 0.6) is 0 Å². The van der Waals surface area contributed by atoms with Crippen molar-refractivity contribution in [3.05, 3.63) is 46.4 Å². The molecular weight excluding hydrogens is 318 g/mol. The zero-order chi connectivity index (χ0) is 14.3. The molecule has 0 aliphatic rings. The molecule has 0 amide bonds. The zero-order valence-electron chi connectivity index (χ0n) is 11.1. The van der Waals surface area contributed by atoms with Crippen LogP contribution in [-0.4, -0.2) is 15.6 Å². The molecule has 0 aliphatic heterocycles. The first-order chi connectivity index (χ1) is 9.56. The summed E-state index contributed by atoms with van der Waals surface area (Å²) >= 11 is 3.50. The van der Waals surface area contributed by atoms with Crippen molar-refractivity contribution in [2.45, 2.75) is 12.8 Å². The molecule has 3 nitrogen and oxygen atoms in total. The van der Waals surface area contributed by atoms with E-state index < -0.39 is 5.97 Å². The standard InChI is InChI=1S/C16H14BrNO2/c1-18-14-8-10(3-7-16(19)20)2-5-12(14)13-6-4-11(17)9-15(13)18/h2,4-6,8-9H,3,7H2,1H3,(H,19,20). The number of rotatable bonds is 3. The fraction of sp³-hybridized carbons (Fsp3) is 0.188. The van der Waals surface area contributed by atoms with Gasteiger partial charge in [0.25, 0.3) is 0 Å². The fourth-order valence-electron chi connectivity index (χ4n) is 2.63. The number of nitrogens with zero attached hydrogens (tertiary/aromatic N) is 1. The van der Waals surface area contributed by atoms with Gasteiger partial charge in [-0.2, -0.15) is 0 Å². The van der Waals surface area contributed by atoms with E-state index in [0.29, 0.717) is 6.42 Å². The van der Waals surface area contributed by atoms with Crippen LogP contribution < -0.4 is 0 Å². The first-order valence-corrected chi connectivity index (χ1v) is 7.24. The summed E-state index contributed by atoms with van der Waals surface area (Å²) in [5, 5.41) is 11.2. The molecule has 1 aromatic heterocycles. The van der Waals surface area contributed by atoms with Crippen molar-refractivity contribution in [3.63, 3.8) is 0 Å². The Labute approximate surface area is 124 Å². The van der Waals surface area contributed by atoms with Crippen LogP contribution >= 0.6 is 15.9 Å². The number of carbonyl (C=O) groups is 1. The van der Waals surface area contributed by atoms with E-state index in [1.54, 1.807) is 0 Å². The van der Waals surface area contributed by atoms with E-state index in [4.69, 9.17) is 5.11 Å². The summed E-state index contributed by atoms with van der Waals surface area (Å²) in [5.74, 6) is -0.758. The van der Waals surface area contributed by atoms with E-state index in [0.717, 1.165) is 15.6 Å². The molecule has 3 rings (SSSR count). The molecule has 102 valence electrons. The number of aliphatic carboxylic acids is 1. The summed E-state index contributed by atoms with van der Waals surface area (Å²) in [6, 6.07) is 12.5. The molecule has 0 bridgehead atoms. The van der Waals surface area contributed by atoms with Crippen molar-refractivity contribution in [1.82, 2.24) is 4.57 Å². The Bertz CT molecular complexity index is 820. The lowest BCUT2D eigenvalue weighted by atomic mass is 10.1. The lowest BCUT2D eigenvalue weighted by Gasteiger charge is -2.02. The highest BCUT2D eigenvalue weighted by Gasteiger charge is 2.09. The smallest absolute Gasteiger partial charge is 0.303 e. The highest BCUT2D eigenvalue weighted by atomic mass is 79.9. The maximum Gasteiger partial charge on any atom is 0.303 e. The minimum atomic E-state index is -0.758. The Morgan fingerprint density at radius 2 is 1.80 bits per heavy atom. The number of hydrogen-bond acceptors (Lipinski definition) is 1. The molecule has 0 radical (unpaired) electrons. The lowest BCUT2D eigenvalue weighted by Crippen LogP contribution is -1.97. The van der Waals surface area contributed by atoms with Crippen molar-refractivity contribution in [3.8, 4) is 0 Å². The SMILES string of the molecule is Cn1c2cc(Br)ccc2c2ccc(CCC(=O)O)cc21. The van der Waals surface area contributed by atoms with Crippen LogP contribution in [0.1, 0.15) is 12.0 Å². The summed E-state index contributed by atoms with van der Waals surface area (Å²) in [6.45, 7) is 0. The maximum atomic E-state index is 10.7. The van der Waals surface area contributed by atoms with Gasteiger partial charge >= 0.3 is 5.97 Å². The normalized spacial score (nSPS) is 11.3. The molecular formula is C16H14BrNO2. The average molecular weight is 332 g/mol. The summed E-state index contributed by atoms with van der Waals surface area (Å²) < 4.78 is 3.21. The highest BCUT2D eigenvalue weighted by molar-refractivity contribution is 9.10. The molecule has 0 fully saturated rings. The van der Waals surface area contributed by atoms with Gasteiger partial charge < -0.3 is 9.67 Å². The summed E-state index contributed by atoms with van der Waals surface area (Å²) in [6.07, 6.45) is 0.734. The second-order valence-electron chi connectivity index (χ2n) is 4.97. The van der Waals surface area contributed by atoms with Gasteiger partial charge in [0.15, 0.2) is 0 Å². The van der Waals surface area contributed by atoms with E-state index in [2.05, 4.69) is 44.8 Å². The van der Waals surface area contributed by atoms with Crippen LogP contribution in [0, 0.1) is 0 Å². The topological polar surface area (TPSA) is 42.2 Å². The van der Waals surface area contributed by atoms with Gasteiger partial charge in [-0.15, -0.1) is 0 Å². The number of hydrogen-bond donors (Lipinski definition) is 1. The van der Waals surface area contributed by atoms with Crippen LogP contribution in [-0.2, 0) is 18.3 Å². The molecule has 0 atom stereocenters. The zero-order valence-corrected chi connectivity index (χ0v) is 12.6. The van der Waals surface area contributed by atoms with Gasteiger partial charge in [-0.1, -0.05) is 34.1 Å². The largest absolute Gasteiger partial charge is 0.481 e. The molecule has 4 heteroatoms. The number of aryl methyl sites for hydroxylation is 2. The first kappa shape index (κ1) is 13.2. The third-order valence-electron chi connectivity index (χ3n) is 3.66. The Morgan fingerprint density at radius 3 is 2.50 bits per heavy atom. The molecule has 0 saturated carbocycles.